The lowest BCUT2D eigenvalue weighted by atomic mass is 9.74. The topological polar surface area (TPSA) is 102 Å². The Bertz CT molecular complexity index is 1450. The molecule has 1 aliphatic heterocycles. The van der Waals surface area contributed by atoms with Crippen LogP contribution in [0.3, 0.4) is 0 Å². The van der Waals surface area contributed by atoms with Crippen molar-refractivity contribution in [3.05, 3.63) is 82.8 Å². The number of aromatic nitrogens is 3. The fourth-order valence-electron chi connectivity index (χ4n) is 4.56. The molecule has 0 bridgehead atoms. The first-order chi connectivity index (χ1) is 17.5. The summed E-state index contributed by atoms with van der Waals surface area (Å²) in [5, 5.41) is 17.0. The Kier molecular flexibility index (Phi) is 6.59. The van der Waals surface area contributed by atoms with Crippen LogP contribution in [0, 0.1) is 11.3 Å². The molecule has 2 aromatic carbocycles. The molecule has 3 heterocycles. The van der Waals surface area contributed by atoms with Gasteiger partial charge in [0.25, 0.3) is 5.91 Å². The van der Waals surface area contributed by atoms with Crippen LogP contribution in [0.1, 0.15) is 34.5 Å². The van der Waals surface area contributed by atoms with Crippen molar-refractivity contribution < 1.29 is 14.3 Å². The quantitative estimate of drug-likeness (QED) is 0.420. The van der Waals surface area contributed by atoms with Gasteiger partial charge in [0.1, 0.15) is 5.75 Å². The van der Waals surface area contributed by atoms with Crippen LogP contribution in [0.5, 0.6) is 5.75 Å². The third-order valence-corrected chi connectivity index (χ3v) is 7.01. The highest BCUT2D eigenvalue weighted by Crippen LogP contribution is 2.35. The Balaban J connectivity index is 1.36. The highest BCUT2D eigenvalue weighted by molar-refractivity contribution is 6.33. The number of benzene rings is 2. The molecular formula is C27H24ClN5O3. The van der Waals surface area contributed by atoms with E-state index in [0.29, 0.717) is 36.0 Å². The minimum atomic E-state index is -0.266. The number of hydrogen-bond acceptors (Lipinski definition) is 6. The van der Waals surface area contributed by atoms with Gasteiger partial charge in [-0.2, -0.15) is 10.4 Å². The van der Waals surface area contributed by atoms with Gasteiger partial charge < -0.3 is 14.8 Å². The SMILES string of the molecule is COc1ccc(C2(CNC(=O)c3cc4ncc(-c5ccc(C#N)cc5Cl)cn4n3)CCOCC2)cc1. The van der Waals surface area contributed by atoms with Crippen LogP contribution in [0.4, 0.5) is 0 Å². The van der Waals surface area contributed by atoms with Crippen molar-refractivity contribution in [1.29, 1.82) is 5.26 Å². The second-order valence-corrected chi connectivity index (χ2v) is 9.19. The molecule has 1 amide bonds. The molecule has 0 radical (unpaired) electrons. The second kappa shape index (κ2) is 9.97. The third-order valence-electron chi connectivity index (χ3n) is 6.69. The summed E-state index contributed by atoms with van der Waals surface area (Å²) < 4.78 is 12.5. The monoisotopic (exact) mass is 501 g/mol. The van der Waals surface area contributed by atoms with Crippen molar-refractivity contribution in [3.8, 4) is 22.9 Å². The Morgan fingerprint density at radius 1 is 1.22 bits per heavy atom. The zero-order valence-corrected chi connectivity index (χ0v) is 20.5. The van der Waals surface area contributed by atoms with Crippen LogP contribution in [-0.2, 0) is 10.2 Å². The molecule has 1 N–H and O–H groups in total. The summed E-state index contributed by atoms with van der Waals surface area (Å²) in [7, 11) is 1.64. The van der Waals surface area contributed by atoms with Crippen LogP contribution in [0.25, 0.3) is 16.8 Å². The number of amides is 1. The van der Waals surface area contributed by atoms with E-state index in [1.165, 1.54) is 0 Å². The maximum absolute atomic E-state index is 13.1. The van der Waals surface area contributed by atoms with Crippen molar-refractivity contribution in [2.24, 2.45) is 0 Å². The van der Waals surface area contributed by atoms with Crippen molar-refractivity contribution in [2.75, 3.05) is 26.9 Å². The predicted octanol–water partition coefficient (Wildman–Crippen LogP) is 4.41. The number of nitrogens with zero attached hydrogens (tertiary/aromatic N) is 4. The molecule has 8 nitrogen and oxygen atoms in total. The molecule has 5 rings (SSSR count). The smallest absolute Gasteiger partial charge is 0.271 e. The first-order valence-electron chi connectivity index (χ1n) is 11.6. The van der Waals surface area contributed by atoms with Crippen LogP contribution < -0.4 is 10.1 Å². The predicted molar refractivity (Wildman–Crippen MR) is 135 cm³/mol. The van der Waals surface area contributed by atoms with Gasteiger partial charge in [0.2, 0.25) is 0 Å². The van der Waals surface area contributed by atoms with Crippen molar-refractivity contribution >= 4 is 23.2 Å². The van der Waals surface area contributed by atoms with Gasteiger partial charge in [-0.15, -0.1) is 0 Å². The number of nitrogens with one attached hydrogen (secondary N) is 1. The summed E-state index contributed by atoms with van der Waals surface area (Å²) >= 11 is 6.36. The van der Waals surface area contributed by atoms with Crippen LogP contribution in [0.15, 0.2) is 60.9 Å². The Morgan fingerprint density at radius 3 is 2.69 bits per heavy atom. The fraction of sp³-hybridized carbons (Fsp3) is 0.259. The average Bonchev–Trinajstić information content (AvgIpc) is 3.36. The summed E-state index contributed by atoms with van der Waals surface area (Å²) in [5.74, 6) is 0.529. The van der Waals surface area contributed by atoms with Gasteiger partial charge in [-0.1, -0.05) is 29.8 Å². The van der Waals surface area contributed by atoms with E-state index in [-0.39, 0.29) is 17.0 Å². The third kappa shape index (κ3) is 4.63. The van der Waals surface area contributed by atoms with Crippen molar-refractivity contribution in [3.63, 3.8) is 0 Å². The fourth-order valence-corrected chi connectivity index (χ4v) is 4.85. The molecule has 9 heteroatoms. The minimum Gasteiger partial charge on any atom is -0.497 e. The van der Waals surface area contributed by atoms with Gasteiger partial charge >= 0.3 is 0 Å². The molecule has 0 spiro atoms. The minimum absolute atomic E-state index is 0.225. The number of ether oxygens (including phenoxy) is 2. The molecule has 4 aromatic rings. The van der Waals surface area contributed by atoms with Crippen LogP contribution >= 0.6 is 11.6 Å². The summed E-state index contributed by atoms with van der Waals surface area (Å²) in [6, 6.07) is 16.8. The van der Waals surface area contributed by atoms with Crippen molar-refractivity contribution in [2.45, 2.75) is 18.3 Å². The van der Waals surface area contributed by atoms with Gasteiger partial charge in [-0.3, -0.25) is 4.79 Å². The normalized spacial score (nSPS) is 14.8. The lowest BCUT2D eigenvalue weighted by Gasteiger charge is -2.38. The van der Waals surface area contributed by atoms with Gasteiger partial charge in [-0.05, 0) is 42.7 Å². The summed E-state index contributed by atoms with van der Waals surface area (Å²) in [4.78, 5) is 17.5. The van der Waals surface area contributed by atoms with E-state index in [2.05, 4.69) is 33.6 Å². The largest absolute Gasteiger partial charge is 0.497 e. The maximum atomic E-state index is 13.1. The summed E-state index contributed by atoms with van der Waals surface area (Å²) in [5.41, 5.74) is 3.68. The van der Waals surface area contributed by atoms with Gasteiger partial charge in [0.05, 0.1) is 18.7 Å². The van der Waals surface area contributed by atoms with E-state index >= 15 is 0 Å². The molecule has 0 atom stereocenters. The number of rotatable bonds is 6. The number of carbonyl (C=O) groups excluding carboxylic acids is 1. The molecule has 0 saturated carbocycles. The first-order valence-corrected chi connectivity index (χ1v) is 11.9. The number of halogens is 1. The molecule has 1 saturated heterocycles. The van der Waals surface area contributed by atoms with E-state index in [1.807, 2.05) is 12.1 Å². The molecule has 0 aliphatic carbocycles. The standard InChI is InChI=1S/C27H24ClN5O3/c1-35-21-5-3-20(4-6-21)27(8-10-36-11-9-27)17-31-26(34)24-13-25-30-15-19(16-33(25)32-24)22-7-2-18(14-29)12-23(22)28/h2-7,12-13,15-16H,8-11,17H2,1H3,(H,31,34). The Labute approximate surface area is 213 Å². The van der Waals surface area contributed by atoms with E-state index in [1.54, 1.807) is 48.3 Å². The maximum Gasteiger partial charge on any atom is 0.271 e. The van der Waals surface area contributed by atoms with Gasteiger partial charge in [0.15, 0.2) is 11.3 Å². The molecule has 2 aromatic heterocycles. The van der Waals surface area contributed by atoms with Crippen molar-refractivity contribution in [1.82, 2.24) is 19.9 Å². The van der Waals surface area contributed by atoms with Gasteiger partial charge in [-0.25, -0.2) is 9.50 Å². The second-order valence-electron chi connectivity index (χ2n) is 8.79. The van der Waals surface area contributed by atoms with E-state index in [9.17, 15) is 4.79 Å². The first kappa shape index (κ1) is 23.8. The zero-order valence-electron chi connectivity index (χ0n) is 19.7. The van der Waals surface area contributed by atoms with E-state index < -0.39 is 0 Å². The molecule has 1 fully saturated rings. The number of methoxy groups -OCH3 is 1. The Morgan fingerprint density at radius 2 is 2.00 bits per heavy atom. The molecular weight excluding hydrogens is 478 g/mol. The highest BCUT2D eigenvalue weighted by atomic mass is 35.5. The number of carbonyl (C=O) groups is 1. The summed E-state index contributed by atoms with van der Waals surface area (Å²) in [6.07, 6.45) is 5.05. The van der Waals surface area contributed by atoms with Crippen LogP contribution in [-0.4, -0.2) is 47.4 Å². The lowest BCUT2D eigenvalue weighted by Crippen LogP contribution is -2.44. The average molecular weight is 502 g/mol. The van der Waals surface area contributed by atoms with Gasteiger partial charge in [0, 0.05) is 59.8 Å². The molecule has 36 heavy (non-hydrogen) atoms. The van der Waals surface area contributed by atoms with Crippen LogP contribution in [0.2, 0.25) is 5.02 Å². The Hall–Kier alpha value is -3.93. The highest BCUT2D eigenvalue weighted by Gasteiger charge is 2.35. The number of hydrogen-bond donors (Lipinski definition) is 1. The number of fused-ring (bicyclic) bond motifs is 1. The summed E-state index contributed by atoms with van der Waals surface area (Å²) in [6.45, 7) is 1.75. The van der Waals surface area contributed by atoms with E-state index in [0.717, 1.165) is 35.3 Å². The molecule has 0 unspecified atom stereocenters. The molecule has 1 aliphatic rings. The van der Waals surface area contributed by atoms with E-state index in [4.69, 9.17) is 26.3 Å². The zero-order chi connectivity index (χ0) is 25.1. The molecule has 182 valence electrons. The number of nitriles is 1. The lowest BCUT2D eigenvalue weighted by molar-refractivity contribution is 0.0486.